The zero-order chi connectivity index (χ0) is 29.4. The quantitative estimate of drug-likeness (QED) is 0.219. The maximum atomic E-state index is 14.1. The number of rotatable bonds is 7. The van der Waals surface area contributed by atoms with Gasteiger partial charge in [-0.15, -0.1) is 0 Å². The van der Waals surface area contributed by atoms with E-state index in [0.717, 1.165) is 24.8 Å². The van der Waals surface area contributed by atoms with Crippen LogP contribution in [0, 0.1) is 0 Å². The van der Waals surface area contributed by atoms with Gasteiger partial charge in [0.1, 0.15) is 5.56 Å². The number of H-pyrrole nitrogens is 1. The number of fused-ring (bicyclic) bond motifs is 1. The molecule has 0 aliphatic carbocycles. The van der Waals surface area contributed by atoms with E-state index in [1.54, 1.807) is 18.3 Å². The van der Waals surface area contributed by atoms with Gasteiger partial charge in [0.2, 0.25) is 5.95 Å². The highest BCUT2D eigenvalue weighted by molar-refractivity contribution is 6.74. The highest BCUT2D eigenvalue weighted by Gasteiger charge is 2.41. The summed E-state index contributed by atoms with van der Waals surface area (Å²) < 4.78 is 49.0. The van der Waals surface area contributed by atoms with E-state index in [2.05, 4.69) is 71.2 Å². The summed E-state index contributed by atoms with van der Waals surface area (Å²) in [6.07, 6.45) is -1.43. The van der Waals surface area contributed by atoms with Crippen LogP contribution in [0.15, 0.2) is 67.0 Å². The molecule has 10 heteroatoms. The molecule has 1 unspecified atom stereocenters. The number of nitrogens with zero attached hydrogens (tertiary/aromatic N) is 3. The lowest BCUT2D eigenvalue weighted by Crippen LogP contribution is -2.53. The summed E-state index contributed by atoms with van der Waals surface area (Å²) in [7, 11) is -2.05. The molecular formula is C31H38F3N5OSi. The minimum absolute atomic E-state index is 0.0200. The third kappa shape index (κ3) is 6.66. The summed E-state index contributed by atoms with van der Waals surface area (Å²) in [5.74, 6) is 0.177. The minimum Gasteiger partial charge on any atom is -0.413 e. The lowest BCUT2D eigenvalue weighted by molar-refractivity contribution is -0.137. The molecule has 2 aromatic carbocycles. The Kier molecular flexibility index (Phi) is 8.02. The topological polar surface area (TPSA) is 66.1 Å². The molecule has 1 aliphatic heterocycles. The minimum atomic E-state index is -4.59. The Bertz CT molecular complexity index is 1480. The maximum Gasteiger partial charge on any atom is 0.419 e. The van der Waals surface area contributed by atoms with Crippen molar-refractivity contribution in [3.05, 3.63) is 78.1 Å². The monoisotopic (exact) mass is 581 g/mol. The van der Waals surface area contributed by atoms with Crippen LogP contribution in [-0.2, 0) is 17.1 Å². The summed E-state index contributed by atoms with van der Waals surface area (Å²) in [6, 6.07) is 17.4. The fraction of sp³-hybridized carbons (Fsp3) is 0.419. The Balaban J connectivity index is 1.45. The average molecular weight is 582 g/mol. The first-order chi connectivity index (χ1) is 19.3. The van der Waals surface area contributed by atoms with E-state index in [9.17, 15) is 13.2 Å². The number of benzene rings is 2. The Hall–Kier alpha value is -3.21. The van der Waals surface area contributed by atoms with Crippen LogP contribution < -0.4 is 5.32 Å². The van der Waals surface area contributed by atoms with Crippen molar-refractivity contribution in [2.45, 2.75) is 70.2 Å². The van der Waals surface area contributed by atoms with Gasteiger partial charge < -0.3 is 14.7 Å². The van der Waals surface area contributed by atoms with Crippen molar-refractivity contribution in [2.75, 3.05) is 18.4 Å². The Labute approximate surface area is 240 Å². The number of aromatic amines is 1. The van der Waals surface area contributed by atoms with Crippen molar-refractivity contribution < 1.29 is 17.6 Å². The largest absolute Gasteiger partial charge is 0.419 e. The summed E-state index contributed by atoms with van der Waals surface area (Å²) in [5.41, 5.74) is 1.34. The molecule has 1 fully saturated rings. The molecule has 1 aliphatic rings. The molecule has 2 aromatic heterocycles. The second-order valence-electron chi connectivity index (χ2n) is 12.5. The van der Waals surface area contributed by atoms with E-state index in [1.807, 2.05) is 30.3 Å². The first-order valence-electron chi connectivity index (χ1n) is 14.0. The summed E-state index contributed by atoms with van der Waals surface area (Å²) >= 11 is 0. The van der Waals surface area contributed by atoms with Gasteiger partial charge in [0.15, 0.2) is 8.32 Å². The van der Waals surface area contributed by atoms with E-state index in [4.69, 9.17) is 4.43 Å². The Morgan fingerprint density at radius 1 is 1.02 bits per heavy atom. The summed E-state index contributed by atoms with van der Waals surface area (Å²) in [6.45, 7) is 13.4. The number of halogens is 3. The van der Waals surface area contributed by atoms with Gasteiger partial charge in [0.05, 0.1) is 11.8 Å². The zero-order valence-corrected chi connectivity index (χ0v) is 25.2. The highest BCUT2D eigenvalue weighted by Crippen LogP contribution is 2.40. The van der Waals surface area contributed by atoms with Gasteiger partial charge in [-0.2, -0.15) is 13.2 Å². The SMILES string of the molecule is CC(C)(C)[Si](C)(C)OC1C[C@H](Nc2ncc(C(F)(F)F)c(-c3c[nH]c4ccccc34)n2)CN(Cc2ccccc2)C1. The Morgan fingerprint density at radius 3 is 2.44 bits per heavy atom. The van der Waals surface area contributed by atoms with Crippen molar-refractivity contribution in [1.82, 2.24) is 19.9 Å². The fourth-order valence-corrected chi connectivity index (χ4v) is 6.57. The van der Waals surface area contributed by atoms with Gasteiger partial charge in [0, 0.05) is 54.5 Å². The van der Waals surface area contributed by atoms with Crippen molar-refractivity contribution in [3.63, 3.8) is 0 Å². The number of nitrogens with one attached hydrogen (secondary N) is 2. The molecule has 0 amide bonds. The van der Waals surface area contributed by atoms with Gasteiger partial charge in [-0.05, 0) is 36.2 Å². The van der Waals surface area contributed by atoms with Crippen molar-refractivity contribution in [2.24, 2.45) is 0 Å². The van der Waals surface area contributed by atoms with E-state index in [1.165, 1.54) is 5.56 Å². The van der Waals surface area contributed by atoms with Crippen LogP contribution in [0.2, 0.25) is 18.1 Å². The average Bonchev–Trinajstić information content (AvgIpc) is 3.32. The smallest absolute Gasteiger partial charge is 0.413 e. The molecule has 1 saturated heterocycles. The van der Waals surface area contributed by atoms with E-state index < -0.39 is 20.1 Å². The Morgan fingerprint density at radius 2 is 1.73 bits per heavy atom. The van der Waals surface area contributed by atoms with Crippen LogP contribution in [-0.4, -0.2) is 53.4 Å². The number of alkyl halides is 3. The predicted octanol–water partition coefficient (Wildman–Crippen LogP) is 7.72. The number of hydrogen-bond acceptors (Lipinski definition) is 5. The summed E-state index contributed by atoms with van der Waals surface area (Å²) in [4.78, 5) is 14.0. The molecule has 5 rings (SSSR count). The van der Waals surface area contributed by atoms with Crippen LogP contribution in [0.4, 0.5) is 19.1 Å². The lowest BCUT2D eigenvalue weighted by atomic mass is 10.0. The first kappa shape index (κ1) is 29.3. The molecule has 218 valence electrons. The molecule has 0 bridgehead atoms. The van der Waals surface area contributed by atoms with Crippen LogP contribution in [0.3, 0.4) is 0 Å². The number of anilines is 1. The molecule has 4 aromatic rings. The zero-order valence-electron chi connectivity index (χ0n) is 24.2. The van der Waals surface area contributed by atoms with Crippen molar-refractivity contribution >= 4 is 25.2 Å². The van der Waals surface area contributed by atoms with Crippen LogP contribution >= 0.6 is 0 Å². The van der Waals surface area contributed by atoms with Crippen LogP contribution in [0.25, 0.3) is 22.2 Å². The number of piperidine rings is 1. The van der Waals surface area contributed by atoms with E-state index >= 15 is 0 Å². The molecule has 41 heavy (non-hydrogen) atoms. The molecule has 2 N–H and O–H groups in total. The molecule has 3 heterocycles. The van der Waals surface area contributed by atoms with Crippen LogP contribution in [0.5, 0.6) is 0 Å². The maximum absolute atomic E-state index is 14.1. The first-order valence-corrected chi connectivity index (χ1v) is 16.9. The lowest BCUT2D eigenvalue weighted by Gasteiger charge is -2.44. The number of likely N-dealkylation sites (tertiary alicyclic amines) is 1. The van der Waals surface area contributed by atoms with Crippen LogP contribution in [0.1, 0.15) is 38.3 Å². The second-order valence-corrected chi connectivity index (χ2v) is 17.2. The molecule has 0 radical (unpaired) electrons. The molecular weight excluding hydrogens is 543 g/mol. The van der Waals surface area contributed by atoms with Gasteiger partial charge in [-0.1, -0.05) is 69.3 Å². The predicted molar refractivity (Wildman–Crippen MR) is 160 cm³/mol. The highest BCUT2D eigenvalue weighted by atomic mass is 28.4. The standard InChI is InChI=1S/C31H38F3N5OSi/c1-30(2,3)41(4,5)40-23-15-22(19-39(20-23)18-21-11-7-6-8-12-21)37-29-36-17-26(31(32,33)34)28(38-29)25-16-35-27-14-10-9-13-24(25)27/h6-14,16-17,22-23,35H,15,18-20H2,1-5H3,(H,36,37,38)/t22-,23?/m0/s1. The number of hydrogen-bond donors (Lipinski definition) is 2. The molecule has 0 saturated carbocycles. The van der Waals surface area contributed by atoms with Gasteiger partial charge >= 0.3 is 6.18 Å². The third-order valence-electron chi connectivity index (χ3n) is 8.28. The summed E-state index contributed by atoms with van der Waals surface area (Å²) in [5, 5.41) is 4.11. The van der Waals surface area contributed by atoms with E-state index in [-0.39, 0.29) is 28.8 Å². The normalized spacial score (nSPS) is 19.0. The number of aromatic nitrogens is 3. The fourth-order valence-electron chi connectivity index (χ4n) is 5.21. The van der Waals surface area contributed by atoms with Crippen molar-refractivity contribution in [3.8, 4) is 11.3 Å². The van der Waals surface area contributed by atoms with E-state index in [0.29, 0.717) is 23.9 Å². The van der Waals surface area contributed by atoms with Gasteiger partial charge in [-0.3, -0.25) is 4.90 Å². The molecule has 2 atom stereocenters. The third-order valence-corrected chi connectivity index (χ3v) is 12.8. The molecule has 0 spiro atoms. The van der Waals surface area contributed by atoms with Gasteiger partial charge in [0.25, 0.3) is 0 Å². The molecule has 6 nitrogen and oxygen atoms in total. The number of para-hydroxylation sites is 1. The van der Waals surface area contributed by atoms with Gasteiger partial charge in [-0.25, -0.2) is 9.97 Å². The van der Waals surface area contributed by atoms with Crippen molar-refractivity contribution in [1.29, 1.82) is 0 Å². The second kappa shape index (κ2) is 11.2.